The molecule has 33 heavy (non-hydrogen) atoms. The van der Waals surface area contributed by atoms with Crippen LogP contribution in [0.25, 0.3) is 0 Å². The zero-order chi connectivity index (χ0) is 22.4. The van der Waals surface area contributed by atoms with Gasteiger partial charge in [0.2, 0.25) is 5.91 Å². The van der Waals surface area contributed by atoms with Crippen molar-refractivity contribution in [2.75, 3.05) is 19.8 Å². The lowest BCUT2D eigenvalue weighted by Crippen LogP contribution is -2.62. The second-order valence-corrected chi connectivity index (χ2v) is 10.7. The lowest BCUT2D eigenvalue weighted by Gasteiger charge is -2.60. The molecule has 1 aromatic carbocycles. The molecule has 1 aromatic heterocycles. The number of hydrogen-bond acceptors (Lipinski definition) is 5. The second-order valence-electron chi connectivity index (χ2n) is 10.7. The van der Waals surface area contributed by atoms with Crippen molar-refractivity contribution in [2.24, 2.45) is 17.8 Å². The number of benzene rings is 1. The van der Waals surface area contributed by atoms with Crippen LogP contribution in [-0.2, 0) is 11.3 Å². The summed E-state index contributed by atoms with van der Waals surface area (Å²) in [6.07, 6.45) is 9.26. The maximum atomic E-state index is 13.7. The quantitative estimate of drug-likeness (QED) is 0.663. The summed E-state index contributed by atoms with van der Waals surface area (Å²) in [5.41, 5.74) is 1.10. The molecule has 1 N–H and O–H groups in total. The Labute approximate surface area is 195 Å². The predicted molar refractivity (Wildman–Crippen MR) is 124 cm³/mol. The van der Waals surface area contributed by atoms with Crippen molar-refractivity contribution in [2.45, 2.75) is 63.6 Å². The van der Waals surface area contributed by atoms with Gasteiger partial charge in [-0.1, -0.05) is 6.07 Å². The van der Waals surface area contributed by atoms with E-state index in [4.69, 9.17) is 13.9 Å². The molecule has 176 valence electrons. The van der Waals surface area contributed by atoms with E-state index in [2.05, 4.69) is 23.2 Å². The highest BCUT2D eigenvalue weighted by Gasteiger charge is 2.54. The molecule has 4 fully saturated rings. The van der Waals surface area contributed by atoms with Crippen molar-refractivity contribution < 1.29 is 18.7 Å². The Bertz CT molecular complexity index is 966. The monoisotopic (exact) mass is 450 g/mol. The van der Waals surface area contributed by atoms with Crippen molar-refractivity contribution in [1.82, 2.24) is 10.2 Å². The zero-order valence-corrected chi connectivity index (χ0v) is 19.4. The minimum absolute atomic E-state index is 0.000536. The number of nitrogens with one attached hydrogen (secondary N) is 1. The second kappa shape index (κ2) is 8.39. The molecular weight excluding hydrogens is 416 g/mol. The van der Waals surface area contributed by atoms with Crippen LogP contribution in [-0.4, -0.2) is 36.1 Å². The normalized spacial score (nSPS) is 30.3. The average Bonchev–Trinajstić information content (AvgIpc) is 3.33. The van der Waals surface area contributed by atoms with Gasteiger partial charge in [-0.2, -0.15) is 0 Å². The Kier molecular flexibility index (Phi) is 5.36. The van der Waals surface area contributed by atoms with Crippen molar-refractivity contribution in [1.29, 1.82) is 0 Å². The number of carbonyl (C=O) groups is 1. The number of furan rings is 1. The molecule has 2 aromatic rings. The lowest BCUT2D eigenvalue weighted by molar-refractivity contribution is -0.152. The van der Waals surface area contributed by atoms with Crippen molar-refractivity contribution in [3.8, 4) is 11.5 Å². The molecule has 5 aliphatic rings. The van der Waals surface area contributed by atoms with Gasteiger partial charge in [0.25, 0.3) is 0 Å². The summed E-state index contributed by atoms with van der Waals surface area (Å²) in [6, 6.07) is 9.98. The molecule has 6 heteroatoms. The zero-order valence-electron chi connectivity index (χ0n) is 19.4. The first-order valence-electron chi connectivity index (χ1n) is 12.5. The third kappa shape index (κ3) is 4.03. The van der Waals surface area contributed by atoms with Crippen LogP contribution in [0.15, 0.2) is 41.0 Å². The Hall–Kier alpha value is -2.47. The first-order valence-corrected chi connectivity index (χ1v) is 12.5. The highest BCUT2D eigenvalue weighted by Crippen LogP contribution is 2.58. The summed E-state index contributed by atoms with van der Waals surface area (Å²) in [5.74, 6) is 4.98. The summed E-state index contributed by atoms with van der Waals surface area (Å²) in [6.45, 7) is 4.14. The number of carbonyl (C=O) groups excluding carboxylic acids is 1. The van der Waals surface area contributed by atoms with Gasteiger partial charge in [-0.05, 0) is 93.0 Å². The fraction of sp³-hybridized carbons (Fsp3) is 0.593. The summed E-state index contributed by atoms with van der Waals surface area (Å²) in [7, 11) is 0. The van der Waals surface area contributed by atoms with Crippen LogP contribution in [0.2, 0.25) is 0 Å². The third-order valence-electron chi connectivity index (χ3n) is 8.40. The molecule has 1 aliphatic heterocycles. The Morgan fingerprint density at radius 3 is 2.42 bits per heavy atom. The van der Waals surface area contributed by atoms with Gasteiger partial charge < -0.3 is 24.1 Å². The van der Waals surface area contributed by atoms with Gasteiger partial charge in [-0.15, -0.1) is 0 Å². The van der Waals surface area contributed by atoms with Gasteiger partial charge in [-0.25, -0.2) is 0 Å². The van der Waals surface area contributed by atoms with E-state index in [0.717, 1.165) is 59.8 Å². The van der Waals surface area contributed by atoms with Crippen LogP contribution in [0, 0.1) is 17.8 Å². The van der Waals surface area contributed by atoms with Crippen LogP contribution in [0.3, 0.4) is 0 Å². The first-order chi connectivity index (χ1) is 16.1. The molecule has 0 spiro atoms. The molecule has 4 bridgehead atoms. The van der Waals surface area contributed by atoms with Gasteiger partial charge in [0.1, 0.15) is 19.0 Å². The van der Waals surface area contributed by atoms with Crippen molar-refractivity contribution in [3.05, 3.63) is 47.9 Å². The van der Waals surface area contributed by atoms with Gasteiger partial charge in [0.15, 0.2) is 11.5 Å². The van der Waals surface area contributed by atoms with Crippen LogP contribution in [0.1, 0.15) is 62.8 Å². The Morgan fingerprint density at radius 1 is 1.06 bits per heavy atom. The molecule has 1 atom stereocenters. The lowest BCUT2D eigenvalue weighted by atomic mass is 9.52. The number of rotatable bonds is 7. The SMILES string of the molecule is C[C@H](NCC(=O)N(Cc1ccco1)C12CC3CC(CC(C3)C1)C2)c1ccc2c(c1)OCCO2. The molecule has 7 rings (SSSR count). The number of hydrogen-bond donors (Lipinski definition) is 1. The molecule has 1 amide bonds. The number of nitrogens with zero attached hydrogens (tertiary/aromatic N) is 1. The maximum absolute atomic E-state index is 13.7. The van der Waals surface area contributed by atoms with E-state index in [-0.39, 0.29) is 17.5 Å². The molecule has 4 aliphatic carbocycles. The summed E-state index contributed by atoms with van der Waals surface area (Å²) in [5, 5.41) is 3.48. The van der Waals surface area contributed by atoms with E-state index in [1.807, 2.05) is 24.3 Å². The maximum Gasteiger partial charge on any atom is 0.237 e. The molecule has 6 nitrogen and oxygen atoms in total. The number of amides is 1. The molecular formula is C27H34N2O4. The van der Waals surface area contributed by atoms with Crippen molar-refractivity contribution in [3.63, 3.8) is 0 Å². The van der Waals surface area contributed by atoms with Crippen LogP contribution < -0.4 is 14.8 Å². The largest absolute Gasteiger partial charge is 0.486 e. The van der Waals surface area contributed by atoms with Crippen LogP contribution in [0.4, 0.5) is 0 Å². The molecule has 2 heterocycles. The fourth-order valence-corrected chi connectivity index (χ4v) is 7.26. The number of ether oxygens (including phenoxy) is 2. The van der Waals surface area contributed by atoms with Gasteiger partial charge >= 0.3 is 0 Å². The predicted octanol–water partition coefficient (Wildman–Crippen LogP) is 4.70. The molecule has 0 saturated heterocycles. The van der Waals surface area contributed by atoms with E-state index in [0.29, 0.717) is 26.3 Å². The molecule has 4 saturated carbocycles. The van der Waals surface area contributed by atoms with E-state index in [9.17, 15) is 4.79 Å². The smallest absolute Gasteiger partial charge is 0.237 e. The van der Waals surface area contributed by atoms with E-state index < -0.39 is 0 Å². The van der Waals surface area contributed by atoms with Gasteiger partial charge in [0.05, 0.1) is 19.4 Å². The number of fused-ring (bicyclic) bond motifs is 1. The van der Waals surface area contributed by atoms with E-state index in [1.54, 1.807) is 6.26 Å². The minimum atomic E-state index is 0.000536. The Balaban J connectivity index is 1.18. The van der Waals surface area contributed by atoms with Crippen LogP contribution in [0.5, 0.6) is 11.5 Å². The third-order valence-corrected chi connectivity index (χ3v) is 8.40. The standard InChI is InChI=1S/C27H34N2O4/c1-18(22-4-5-24-25(12-22)33-8-7-32-24)28-16-26(30)29(17-23-3-2-6-31-23)27-13-19-9-20(14-27)11-21(10-19)15-27/h2-6,12,18-21,28H,7-11,13-17H2,1H3/t18-,19?,20?,21?,27?/m0/s1. The topological polar surface area (TPSA) is 63.9 Å². The van der Waals surface area contributed by atoms with E-state index in [1.165, 1.54) is 19.3 Å². The van der Waals surface area contributed by atoms with Gasteiger partial charge in [0, 0.05) is 11.6 Å². The molecule has 0 radical (unpaired) electrons. The summed E-state index contributed by atoms with van der Waals surface area (Å²) in [4.78, 5) is 15.9. The minimum Gasteiger partial charge on any atom is -0.486 e. The first kappa shape index (κ1) is 21.1. The molecule has 0 unspecified atom stereocenters. The van der Waals surface area contributed by atoms with Gasteiger partial charge in [-0.3, -0.25) is 4.79 Å². The van der Waals surface area contributed by atoms with E-state index >= 15 is 0 Å². The highest BCUT2D eigenvalue weighted by atomic mass is 16.6. The Morgan fingerprint density at radius 2 is 1.76 bits per heavy atom. The highest BCUT2D eigenvalue weighted by molar-refractivity contribution is 5.79. The van der Waals surface area contributed by atoms with Crippen LogP contribution >= 0.6 is 0 Å². The summed E-state index contributed by atoms with van der Waals surface area (Å²) >= 11 is 0. The average molecular weight is 451 g/mol. The fourth-order valence-electron chi connectivity index (χ4n) is 7.26. The summed E-state index contributed by atoms with van der Waals surface area (Å²) < 4.78 is 17.1. The van der Waals surface area contributed by atoms with Crippen molar-refractivity contribution >= 4 is 5.91 Å².